The summed E-state index contributed by atoms with van der Waals surface area (Å²) in [5, 5.41) is 20.3. The van der Waals surface area contributed by atoms with Gasteiger partial charge in [-0.15, -0.1) is 0 Å². The molecular formula is C16H17N5O. The Labute approximate surface area is 127 Å². The average Bonchev–Trinajstić information content (AvgIpc) is 3.22. The molecule has 1 aliphatic carbocycles. The van der Waals surface area contributed by atoms with E-state index in [1.165, 1.54) is 0 Å². The summed E-state index contributed by atoms with van der Waals surface area (Å²) in [5.41, 5.74) is 2.62. The molecule has 0 bridgehead atoms. The number of aliphatic hydroxyl groups is 1. The lowest BCUT2D eigenvalue weighted by atomic mass is 10.1. The van der Waals surface area contributed by atoms with Crippen LogP contribution in [-0.2, 0) is 0 Å². The van der Waals surface area contributed by atoms with Crippen molar-refractivity contribution in [2.24, 2.45) is 5.92 Å². The van der Waals surface area contributed by atoms with Crippen LogP contribution in [0.3, 0.4) is 0 Å². The van der Waals surface area contributed by atoms with Crippen LogP contribution in [0.1, 0.15) is 44.2 Å². The number of H-pyrrole nitrogens is 1. The van der Waals surface area contributed by atoms with Gasteiger partial charge in [-0.1, -0.05) is 0 Å². The monoisotopic (exact) mass is 295 g/mol. The number of aromatic nitrogens is 4. The van der Waals surface area contributed by atoms with E-state index in [2.05, 4.69) is 25.6 Å². The molecular weight excluding hydrogens is 278 g/mol. The molecule has 6 nitrogen and oxygen atoms in total. The largest absolute Gasteiger partial charge is 0.385 e. The molecule has 4 rings (SSSR count). The molecule has 0 saturated heterocycles. The first-order chi connectivity index (χ1) is 10.7. The zero-order valence-corrected chi connectivity index (χ0v) is 12.3. The van der Waals surface area contributed by atoms with Gasteiger partial charge in [0.05, 0.1) is 17.8 Å². The van der Waals surface area contributed by atoms with Crippen molar-refractivity contribution in [1.82, 2.24) is 19.5 Å². The number of hydrogen-bond acceptors (Lipinski definition) is 4. The Balaban J connectivity index is 1.99. The Morgan fingerprint density at radius 2 is 2.36 bits per heavy atom. The highest BCUT2D eigenvalue weighted by molar-refractivity contribution is 6.01. The van der Waals surface area contributed by atoms with Crippen molar-refractivity contribution in [1.29, 1.82) is 5.26 Å². The summed E-state index contributed by atoms with van der Waals surface area (Å²) >= 11 is 0. The first-order valence-corrected chi connectivity index (χ1v) is 7.60. The second-order valence-electron chi connectivity index (χ2n) is 6.04. The van der Waals surface area contributed by atoms with Crippen molar-refractivity contribution in [3.8, 4) is 6.07 Å². The van der Waals surface area contributed by atoms with E-state index in [1.54, 1.807) is 13.1 Å². The molecule has 3 aromatic rings. The van der Waals surface area contributed by atoms with Gasteiger partial charge < -0.3 is 14.7 Å². The van der Waals surface area contributed by atoms with Crippen molar-refractivity contribution in [2.75, 3.05) is 0 Å². The summed E-state index contributed by atoms with van der Waals surface area (Å²) in [5.74, 6) is 0.752. The van der Waals surface area contributed by atoms with Crippen molar-refractivity contribution < 1.29 is 5.11 Å². The summed E-state index contributed by atoms with van der Waals surface area (Å²) in [4.78, 5) is 12.1. The number of nitrogens with zero attached hydrogens (tertiary/aromatic N) is 4. The number of nitriles is 1. The summed E-state index contributed by atoms with van der Waals surface area (Å²) in [6.45, 7) is 1.73. The molecule has 1 saturated carbocycles. The molecule has 2 unspecified atom stereocenters. The van der Waals surface area contributed by atoms with Gasteiger partial charge >= 0.3 is 0 Å². The lowest BCUT2D eigenvalue weighted by Crippen LogP contribution is -2.12. The van der Waals surface area contributed by atoms with Crippen LogP contribution in [0.4, 0.5) is 0 Å². The van der Waals surface area contributed by atoms with E-state index in [-0.39, 0.29) is 12.0 Å². The molecule has 0 aromatic carbocycles. The maximum absolute atomic E-state index is 10.1. The smallest absolute Gasteiger partial charge is 0.139 e. The fourth-order valence-electron chi connectivity index (χ4n) is 3.58. The predicted molar refractivity (Wildman–Crippen MR) is 82.0 cm³/mol. The van der Waals surface area contributed by atoms with Crippen LogP contribution in [-0.4, -0.2) is 24.6 Å². The molecule has 0 aliphatic heterocycles. The molecule has 2 N–H and O–H groups in total. The van der Waals surface area contributed by atoms with Gasteiger partial charge in [-0.25, -0.2) is 9.97 Å². The first-order valence-electron chi connectivity index (χ1n) is 7.60. The number of aliphatic hydroxyl groups excluding tert-OH is 1. The summed E-state index contributed by atoms with van der Waals surface area (Å²) in [6, 6.07) is 4.57. The minimum atomic E-state index is -0.650. The molecule has 3 aromatic heterocycles. The molecule has 0 radical (unpaired) electrons. The lowest BCUT2D eigenvalue weighted by Gasteiger charge is -2.18. The standard InChI is InChI=1S/C16H17N5O/c1-9(22)16-20-13-8-19-15-12(4-5-18-15)14(13)21(16)11-3-2-10(6-11)7-17/h4-5,8-11,22H,2-3,6H2,1H3,(H,18,19)/t9-,10?,11?/m1/s1. The Bertz CT molecular complexity index is 885. The van der Waals surface area contributed by atoms with E-state index in [0.717, 1.165) is 41.3 Å². The number of nitrogens with one attached hydrogen (secondary N) is 1. The van der Waals surface area contributed by atoms with Crippen LogP contribution in [0.2, 0.25) is 0 Å². The highest BCUT2D eigenvalue weighted by Gasteiger charge is 2.30. The van der Waals surface area contributed by atoms with Gasteiger partial charge in [0.2, 0.25) is 0 Å². The Morgan fingerprint density at radius 1 is 1.50 bits per heavy atom. The molecule has 1 aliphatic rings. The third-order valence-corrected chi connectivity index (χ3v) is 4.59. The van der Waals surface area contributed by atoms with Gasteiger partial charge in [-0.2, -0.15) is 5.26 Å². The number of pyridine rings is 1. The van der Waals surface area contributed by atoms with Gasteiger partial charge in [-0.3, -0.25) is 0 Å². The maximum atomic E-state index is 10.1. The number of fused-ring (bicyclic) bond motifs is 3. The zero-order valence-electron chi connectivity index (χ0n) is 12.3. The van der Waals surface area contributed by atoms with E-state index < -0.39 is 6.10 Å². The Hall–Kier alpha value is -2.39. The molecule has 1 fully saturated rings. The van der Waals surface area contributed by atoms with E-state index in [4.69, 9.17) is 0 Å². The molecule has 22 heavy (non-hydrogen) atoms. The van der Waals surface area contributed by atoms with Gasteiger partial charge in [0.25, 0.3) is 0 Å². The number of hydrogen-bond donors (Lipinski definition) is 2. The van der Waals surface area contributed by atoms with Crippen LogP contribution in [0.25, 0.3) is 22.1 Å². The van der Waals surface area contributed by atoms with Crippen molar-refractivity contribution >= 4 is 22.1 Å². The van der Waals surface area contributed by atoms with Crippen LogP contribution >= 0.6 is 0 Å². The van der Waals surface area contributed by atoms with Gasteiger partial charge in [0.1, 0.15) is 23.1 Å². The third-order valence-electron chi connectivity index (χ3n) is 4.59. The van der Waals surface area contributed by atoms with E-state index in [0.29, 0.717) is 5.82 Å². The van der Waals surface area contributed by atoms with Gasteiger partial charge in [0.15, 0.2) is 0 Å². The summed E-state index contributed by atoms with van der Waals surface area (Å²) in [6.07, 6.45) is 5.62. The number of rotatable bonds is 2. The fourth-order valence-corrected chi connectivity index (χ4v) is 3.58. The second-order valence-corrected chi connectivity index (χ2v) is 6.04. The minimum Gasteiger partial charge on any atom is -0.385 e. The number of imidazole rings is 1. The van der Waals surface area contributed by atoms with Crippen LogP contribution in [0.15, 0.2) is 18.5 Å². The lowest BCUT2D eigenvalue weighted by molar-refractivity contribution is 0.181. The maximum Gasteiger partial charge on any atom is 0.139 e. The predicted octanol–water partition coefficient (Wildman–Crippen LogP) is 2.83. The fraction of sp³-hybridized carbons (Fsp3) is 0.438. The van der Waals surface area contributed by atoms with E-state index in [9.17, 15) is 10.4 Å². The molecule has 3 heterocycles. The summed E-state index contributed by atoms with van der Waals surface area (Å²) < 4.78 is 2.13. The minimum absolute atomic E-state index is 0.0906. The Kier molecular flexibility index (Phi) is 2.91. The van der Waals surface area contributed by atoms with Gasteiger partial charge in [-0.05, 0) is 32.3 Å². The molecule has 0 spiro atoms. The zero-order chi connectivity index (χ0) is 15.3. The first kappa shape index (κ1) is 13.3. The summed E-state index contributed by atoms with van der Waals surface area (Å²) in [7, 11) is 0. The average molecular weight is 295 g/mol. The molecule has 3 atom stereocenters. The van der Waals surface area contributed by atoms with Crippen LogP contribution in [0, 0.1) is 17.2 Å². The third kappa shape index (κ3) is 1.82. The van der Waals surface area contributed by atoms with Crippen molar-refractivity contribution in [2.45, 2.75) is 38.3 Å². The van der Waals surface area contributed by atoms with E-state index in [1.807, 2.05) is 12.3 Å². The SMILES string of the molecule is C[C@@H](O)c1nc2cnc3[nH]ccc3c2n1C1CCC(C#N)C1. The van der Waals surface area contributed by atoms with Crippen molar-refractivity contribution in [3.63, 3.8) is 0 Å². The van der Waals surface area contributed by atoms with Crippen LogP contribution < -0.4 is 0 Å². The highest BCUT2D eigenvalue weighted by Crippen LogP contribution is 2.39. The van der Waals surface area contributed by atoms with Gasteiger partial charge in [0, 0.05) is 23.5 Å². The second kappa shape index (κ2) is 4.82. The molecule has 0 amide bonds. The number of aromatic amines is 1. The Morgan fingerprint density at radius 3 is 3.09 bits per heavy atom. The van der Waals surface area contributed by atoms with Crippen LogP contribution in [0.5, 0.6) is 0 Å². The molecule has 6 heteroatoms. The highest BCUT2D eigenvalue weighted by atomic mass is 16.3. The topological polar surface area (TPSA) is 90.5 Å². The normalized spacial score (nSPS) is 23.1. The molecule has 112 valence electrons. The van der Waals surface area contributed by atoms with E-state index >= 15 is 0 Å². The van der Waals surface area contributed by atoms with Crippen molar-refractivity contribution in [3.05, 3.63) is 24.3 Å². The quantitative estimate of drug-likeness (QED) is 0.760.